The number of benzene rings is 2. The van der Waals surface area contributed by atoms with Crippen LogP contribution in [0.4, 0.5) is 0 Å². The van der Waals surface area contributed by atoms with E-state index in [4.69, 9.17) is 5.41 Å². The van der Waals surface area contributed by atoms with Gasteiger partial charge < -0.3 is 15.5 Å². The van der Waals surface area contributed by atoms with Crippen molar-refractivity contribution in [2.45, 2.75) is 43.7 Å². The summed E-state index contributed by atoms with van der Waals surface area (Å²) in [5.41, 5.74) is 0.0636. The van der Waals surface area contributed by atoms with Crippen LogP contribution in [-0.2, 0) is 10.3 Å². The van der Waals surface area contributed by atoms with Gasteiger partial charge in [0.1, 0.15) is 11.5 Å². The molecule has 27 heavy (non-hydrogen) atoms. The van der Waals surface area contributed by atoms with Crippen LogP contribution in [-0.4, -0.2) is 33.0 Å². The summed E-state index contributed by atoms with van der Waals surface area (Å²) in [5.74, 6) is 0.150. The number of phenolic OH excluding ortho intramolecular Hbond substituents is 2. The minimum atomic E-state index is -1.24. The Balaban J connectivity index is 1.83. The maximum atomic E-state index is 13.7. The number of phenols is 2. The lowest BCUT2D eigenvalue weighted by Crippen LogP contribution is -2.46. The van der Waals surface area contributed by atoms with Crippen molar-refractivity contribution in [2.24, 2.45) is 0 Å². The van der Waals surface area contributed by atoms with Crippen molar-refractivity contribution in [3.63, 3.8) is 0 Å². The lowest BCUT2D eigenvalue weighted by Gasteiger charge is -2.32. The number of amides is 1. The molecule has 2 fully saturated rings. The molecule has 6 nitrogen and oxygen atoms in total. The van der Waals surface area contributed by atoms with E-state index in [0.29, 0.717) is 11.1 Å². The van der Waals surface area contributed by atoms with Crippen molar-refractivity contribution in [1.82, 2.24) is 10.2 Å². The van der Waals surface area contributed by atoms with E-state index in [0.717, 1.165) is 25.7 Å². The first-order valence-electron chi connectivity index (χ1n) is 9.32. The molecule has 2 aliphatic rings. The second kappa shape index (κ2) is 6.61. The van der Waals surface area contributed by atoms with Crippen LogP contribution in [0, 0.1) is 5.41 Å². The van der Waals surface area contributed by atoms with Crippen LogP contribution in [0.3, 0.4) is 0 Å². The maximum Gasteiger partial charge on any atom is 0.264 e. The molecule has 2 aromatic rings. The van der Waals surface area contributed by atoms with Gasteiger partial charge in [0.05, 0.1) is 0 Å². The molecule has 0 unspecified atom stereocenters. The van der Waals surface area contributed by atoms with Crippen molar-refractivity contribution < 1.29 is 15.0 Å². The van der Waals surface area contributed by atoms with E-state index in [2.05, 4.69) is 5.32 Å². The molecule has 1 saturated carbocycles. The Morgan fingerprint density at radius 2 is 1.37 bits per heavy atom. The molecule has 1 aliphatic carbocycles. The van der Waals surface area contributed by atoms with Crippen molar-refractivity contribution >= 4 is 11.9 Å². The molecule has 0 aromatic heterocycles. The molecule has 1 heterocycles. The highest BCUT2D eigenvalue weighted by Crippen LogP contribution is 2.39. The fourth-order valence-electron chi connectivity index (χ4n) is 4.24. The van der Waals surface area contributed by atoms with Crippen molar-refractivity contribution in [1.29, 1.82) is 5.41 Å². The van der Waals surface area contributed by atoms with Gasteiger partial charge in [0, 0.05) is 6.04 Å². The fraction of sp³-hybridized carbons (Fsp3) is 0.333. The number of carbonyl (C=O) groups excluding carboxylic acids is 1. The first kappa shape index (κ1) is 17.4. The Kier molecular flexibility index (Phi) is 4.26. The zero-order chi connectivity index (χ0) is 19.0. The summed E-state index contributed by atoms with van der Waals surface area (Å²) in [6, 6.07) is 13.0. The number of hydrogen-bond donors (Lipinski definition) is 4. The second-order valence-corrected chi connectivity index (χ2v) is 7.28. The molecule has 0 radical (unpaired) electrons. The van der Waals surface area contributed by atoms with E-state index < -0.39 is 5.54 Å². The Bertz CT molecular complexity index is 810. The molecular formula is C21H23N3O3. The third-order valence-electron chi connectivity index (χ3n) is 5.63. The van der Waals surface area contributed by atoms with Gasteiger partial charge in [-0.1, -0.05) is 43.5 Å². The van der Waals surface area contributed by atoms with E-state index in [-0.39, 0.29) is 29.4 Å². The highest BCUT2D eigenvalue weighted by atomic mass is 16.3. The van der Waals surface area contributed by atoms with Crippen LogP contribution in [0.2, 0.25) is 0 Å². The first-order chi connectivity index (χ1) is 13.0. The number of nitrogens with zero attached hydrogens (tertiary/aromatic N) is 1. The van der Waals surface area contributed by atoms with Gasteiger partial charge in [-0.05, 0) is 48.2 Å². The molecule has 0 spiro atoms. The van der Waals surface area contributed by atoms with Gasteiger partial charge in [-0.15, -0.1) is 0 Å². The van der Waals surface area contributed by atoms with E-state index >= 15 is 0 Å². The second-order valence-electron chi connectivity index (χ2n) is 7.28. The van der Waals surface area contributed by atoms with E-state index in [1.807, 2.05) is 0 Å². The SMILES string of the molecule is N=C1NC(c2ccc(O)cc2)(c2ccc(O)cc2)C(=O)N1C1CCCCC1. The Labute approximate surface area is 158 Å². The molecule has 2 aromatic carbocycles. The highest BCUT2D eigenvalue weighted by Gasteiger charge is 2.53. The predicted molar refractivity (Wildman–Crippen MR) is 102 cm³/mol. The summed E-state index contributed by atoms with van der Waals surface area (Å²) in [7, 11) is 0. The van der Waals surface area contributed by atoms with Crippen LogP contribution in [0.25, 0.3) is 0 Å². The van der Waals surface area contributed by atoms with Gasteiger partial charge >= 0.3 is 0 Å². The van der Waals surface area contributed by atoms with E-state index in [9.17, 15) is 15.0 Å². The summed E-state index contributed by atoms with van der Waals surface area (Å²) < 4.78 is 0. The van der Waals surface area contributed by atoms with E-state index in [1.54, 1.807) is 53.4 Å². The Morgan fingerprint density at radius 3 is 1.85 bits per heavy atom. The average Bonchev–Trinajstić information content (AvgIpc) is 2.95. The molecule has 6 heteroatoms. The summed E-state index contributed by atoms with van der Waals surface area (Å²) in [4.78, 5) is 15.3. The van der Waals surface area contributed by atoms with Crippen LogP contribution in [0.15, 0.2) is 48.5 Å². The number of hydrogen-bond acceptors (Lipinski definition) is 4. The van der Waals surface area contributed by atoms with Crippen LogP contribution in [0.5, 0.6) is 11.5 Å². The zero-order valence-electron chi connectivity index (χ0n) is 15.0. The van der Waals surface area contributed by atoms with Gasteiger partial charge in [0.25, 0.3) is 5.91 Å². The summed E-state index contributed by atoms with van der Waals surface area (Å²) >= 11 is 0. The van der Waals surface area contributed by atoms with Crippen molar-refractivity contribution in [3.8, 4) is 11.5 Å². The number of carbonyl (C=O) groups is 1. The molecular weight excluding hydrogens is 342 g/mol. The highest BCUT2D eigenvalue weighted by molar-refractivity contribution is 6.10. The minimum absolute atomic E-state index is 0.0300. The van der Waals surface area contributed by atoms with Gasteiger partial charge in [-0.3, -0.25) is 15.1 Å². The normalized spacial score (nSPS) is 19.9. The van der Waals surface area contributed by atoms with Gasteiger partial charge in [-0.25, -0.2) is 0 Å². The average molecular weight is 365 g/mol. The largest absolute Gasteiger partial charge is 0.508 e. The van der Waals surface area contributed by atoms with E-state index in [1.165, 1.54) is 6.42 Å². The molecule has 0 atom stereocenters. The summed E-state index contributed by atoms with van der Waals surface area (Å²) in [5, 5.41) is 31.0. The van der Waals surface area contributed by atoms with Crippen LogP contribution in [0.1, 0.15) is 43.2 Å². The zero-order valence-corrected chi connectivity index (χ0v) is 15.0. The summed E-state index contributed by atoms with van der Waals surface area (Å²) in [6.45, 7) is 0. The monoisotopic (exact) mass is 365 g/mol. The molecule has 0 bridgehead atoms. The third kappa shape index (κ3) is 2.81. The lowest BCUT2D eigenvalue weighted by atomic mass is 9.82. The van der Waals surface area contributed by atoms with Gasteiger partial charge in [-0.2, -0.15) is 0 Å². The molecule has 4 rings (SSSR count). The third-order valence-corrected chi connectivity index (χ3v) is 5.63. The minimum Gasteiger partial charge on any atom is -0.508 e. The molecule has 1 saturated heterocycles. The molecule has 4 N–H and O–H groups in total. The maximum absolute atomic E-state index is 13.7. The lowest BCUT2D eigenvalue weighted by molar-refractivity contribution is -0.132. The molecule has 140 valence electrons. The smallest absolute Gasteiger partial charge is 0.264 e. The van der Waals surface area contributed by atoms with Crippen LogP contribution >= 0.6 is 0 Å². The molecule has 1 amide bonds. The predicted octanol–water partition coefficient (Wildman–Crippen LogP) is 3.04. The standard InChI is InChI=1S/C21H23N3O3/c22-20-23-21(14-6-10-17(25)11-7-14,15-8-12-18(26)13-9-15)19(27)24(20)16-4-2-1-3-5-16/h6-13,16,25-26H,1-5H2,(H2,22,23). The first-order valence-corrected chi connectivity index (χ1v) is 9.32. The number of aromatic hydroxyl groups is 2. The summed E-state index contributed by atoms with van der Waals surface area (Å²) in [6.07, 6.45) is 5.09. The topological polar surface area (TPSA) is 96.6 Å². The van der Waals surface area contributed by atoms with Gasteiger partial charge in [0.15, 0.2) is 11.5 Å². The number of guanidine groups is 1. The quantitative estimate of drug-likeness (QED) is 0.672. The molecule has 1 aliphatic heterocycles. The van der Waals surface area contributed by atoms with Crippen molar-refractivity contribution in [2.75, 3.05) is 0 Å². The number of rotatable bonds is 3. The fourth-order valence-corrected chi connectivity index (χ4v) is 4.24. The van der Waals surface area contributed by atoms with Crippen molar-refractivity contribution in [3.05, 3.63) is 59.7 Å². The van der Waals surface area contributed by atoms with Gasteiger partial charge in [0.2, 0.25) is 0 Å². The van der Waals surface area contributed by atoms with Crippen LogP contribution < -0.4 is 5.32 Å². The number of nitrogens with one attached hydrogen (secondary N) is 2. The Hall–Kier alpha value is -3.02. The Morgan fingerprint density at radius 1 is 0.889 bits per heavy atom.